The summed E-state index contributed by atoms with van der Waals surface area (Å²) in [6, 6.07) is 5.49. The Labute approximate surface area is 122 Å². The van der Waals surface area contributed by atoms with Crippen molar-refractivity contribution in [1.29, 1.82) is 0 Å². The lowest BCUT2D eigenvalue weighted by molar-refractivity contribution is 0.0728. The molecule has 108 valence electrons. The van der Waals surface area contributed by atoms with Crippen LogP contribution in [0.5, 0.6) is 0 Å². The van der Waals surface area contributed by atoms with Gasteiger partial charge in [-0.15, -0.1) is 0 Å². The molecule has 1 N–H and O–H groups in total. The average Bonchev–Trinajstić information content (AvgIpc) is 3.30. The molecule has 1 aliphatic rings. The number of hydrogen-bond donors (Lipinski definition) is 1. The zero-order valence-corrected chi connectivity index (χ0v) is 11.9. The molecule has 3 rings (SSSR count). The van der Waals surface area contributed by atoms with E-state index in [1.54, 1.807) is 24.2 Å². The van der Waals surface area contributed by atoms with Crippen molar-refractivity contribution in [2.45, 2.75) is 32.4 Å². The van der Waals surface area contributed by atoms with Gasteiger partial charge in [-0.1, -0.05) is 0 Å². The quantitative estimate of drug-likeness (QED) is 0.931. The van der Waals surface area contributed by atoms with Crippen LogP contribution in [0.15, 0.2) is 41.6 Å². The Morgan fingerprint density at radius 1 is 1.38 bits per heavy atom. The Morgan fingerprint density at radius 3 is 2.71 bits per heavy atom. The average molecular weight is 283 g/mol. The number of nitrogens with zero attached hydrogens (tertiary/aromatic N) is 2. The molecule has 0 unspecified atom stereocenters. The van der Waals surface area contributed by atoms with Crippen LogP contribution >= 0.6 is 0 Å². The fourth-order valence-corrected chi connectivity index (χ4v) is 2.33. The highest BCUT2D eigenvalue weighted by molar-refractivity contribution is 5.94. The first-order chi connectivity index (χ1) is 10.1. The number of rotatable bonds is 4. The van der Waals surface area contributed by atoms with Crippen LogP contribution in [0.3, 0.4) is 0 Å². The SMILES string of the molecule is Cc1cc(=O)c(C(=O)N(Cc2ccncc2)C2CC2)c[nH]1. The summed E-state index contributed by atoms with van der Waals surface area (Å²) in [6.45, 7) is 2.31. The van der Waals surface area contributed by atoms with Gasteiger partial charge in [0.2, 0.25) is 0 Å². The van der Waals surface area contributed by atoms with E-state index in [4.69, 9.17) is 0 Å². The summed E-state index contributed by atoms with van der Waals surface area (Å²) in [4.78, 5) is 33.4. The Bertz CT molecular complexity index is 705. The zero-order chi connectivity index (χ0) is 14.8. The lowest BCUT2D eigenvalue weighted by atomic mass is 10.2. The van der Waals surface area contributed by atoms with Crippen LogP contribution in [-0.4, -0.2) is 26.8 Å². The van der Waals surface area contributed by atoms with E-state index in [-0.39, 0.29) is 22.9 Å². The molecule has 1 aliphatic carbocycles. The molecule has 0 radical (unpaired) electrons. The number of hydrogen-bond acceptors (Lipinski definition) is 3. The van der Waals surface area contributed by atoms with Gasteiger partial charge in [0.15, 0.2) is 5.43 Å². The van der Waals surface area contributed by atoms with E-state index < -0.39 is 0 Å². The molecule has 1 saturated carbocycles. The van der Waals surface area contributed by atoms with Gasteiger partial charge in [-0.25, -0.2) is 0 Å². The predicted octanol–water partition coefficient (Wildman–Crippen LogP) is 1.88. The van der Waals surface area contributed by atoms with Crippen molar-refractivity contribution >= 4 is 5.91 Å². The number of amides is 1. The van der Waals surface area contributed by atoms with Crippen molar-refractivity contribution in [2.75, 3.05) is 0 Å². The molecule has 2 heterocycles. The van der Waals surface area contributed by atoms with Gasteiger partial charge < -0.3 is 9.88 Å². The van der Waals surface area contributed by atoms with Gasteiger partial charge in [0.05, 0.1) is 0 Å². The number of pyridine rings is 2. The molecule has 0 saturated heterocycles. The van der Waals surface area contributed by atoms with Crippen molar-refractivity contribution in [3.05, 3.63) is 63.8 Å². The second-order valence-corrected chi connectivity index (χ2v) is 5.41. The molecule has 0 atom stereocenters. The molecule has 1 amide bonds. The highest BCUT2D eigenvalue weighted by Gasteiger charge is 2.33. The van der Waals surface area contributed by atoms with Crippen LogP contribution in [0.25, 0.3) is 0 Å². The third-order valence-electron chi connectivity index (χ3n) is 3.64. The summed E-state index contributed by atoms with van der Waals surface area (Å²) >= 11 is 0. The molecule has 0 aromatic carbocycles. The van der Waals surface area contributed by atoms with Crippen molar-refractivity contribution < 1.29 is 4.79 Å². The summed E-state index contributed by atoms with van der Waals surface area (Å²) in [5.41, 5.74) is 1.76. The number of aromatic nitrogens is 2. The second kappa shape index (κ2) is 5.52. The summed E-state index contributed by atoms with van der Waals surface area (Å²) in [6.07, 6.45) is 6.94. The first-order valence-electron chi connectivity index (χ1n) is 7.04. The molecule has 0 spiro atoms. The Morgan fingerprint density at radius 2 is 2.10 bits per heavy atom. The largest absolute Gasteiger partial charge is 0.364 e. The minimum absolute atomic E-state index is 0.199. The van der Waals surface area contributed by atoms with Crippen LogP contribution in [0.4, 0.5) is 0 Å². The lowest BCUT2D eigenvalue weighted by Gasteiger charge is -2.22. The summed E-state index contributed by atoms with van der Waals surface area (Å²) in [5.74, 6) is -0.199. The topological polar surface area (TPSA) is 66.1 Å². The standard InChI is InChI=1S/C16H17N3O2/c1-11-8-15(20)14(9-18-11)16(21)19(13-2-3-13)10-12-4-6-17-7-5-12/h4-9,13H,2-3,10H2,1H3,(H,18,20). The maximum atomic E-state index is 12.7. The van der Waals surface area contributed by atoms with E-state index in [0.29, 0.717) is 6.54 Å². The number of aromatic amines is 1. The number of carbonyl (C=O) groups excluding carboxylic acids is 1. The van der Waals surface area contributed by atoms with E-state index in [9.17, 15) is 9.59 Å². The molecular formula is C16H17N3O2. The monoisotopic (exact) mass is 283 g/mol. The smallest absolute Gasteiger partial charge is 0.259 e. The number of carbonyl (C=O) groups is 1. The van der Waals surface area contributed by atoms with Crippen LogP contribution in [0.2, 0.25) is 0 Å². The Hall–Kier alpha value is -2.43. The van der Waals surface area contributed by atoms with Gasteiger partial charge in [-0.05, 0) is 37.5 Å². The third-order valence-corrected chi connectivity index (χ3v) is 3.64. The van der Waals surface area contributed by atoms with E-state index in [1.807, 2.05) is 12.1 Å². The van der Waals surface area contributed by atoms with E-state index >= 15 is 0 Å². The number of aryl methyl sites for hydroxylation is 1. The predicted molar refractivity (Wildman–Crippen MR) is 78.9 cm³/mol. The van der Waals surface area contributed by atoms with E-state index in [2.05, 4.69) is 9.97 Å². The first kappa shape index (κ1) is 13.5. The molecule has 2 aromatic rings. The van der Waals surface area contributed by atoms with Crippen LogP contribution in [0.1, 0.15) is 34.5 Å². The summed E-state index contributed by atoms with van der Waals surface area (Å²) in [5, 5.41) is 0. The molecular weight excluding hydrogens is 266 g/mol. The molecule has 2 aromatic heterocycles. The number of H-pyrrole nitrogens is 1. The summed E-state index contributed by atoms with van der Waals surface area (Å²) < 4.78 is 0. The maximum Gasteiger partial charge on any atom is 0.259 e. The van der Waals surface area contributed by atoms with Crippen molar-refractivity contribution in [3.63, 3.8) is 0 Å². The van der Waals surface area contributed by atoms with Gasteiger partial charge in [0.1, 0.15) is 5.56 Å². The fourth-order valence-electron chi connectivity index (χ4n) is 2.33. The van der Waals surface area contributed by atoms with Gasteiger partial charge in [-0.2, -0.15) is 0 Å². The molecule has 1 fully saturated rings. The van der Waals surface area contributed by atoms with Gasteiger partial charge >= 0.3 is 0 Å². The highest BCUT2D eigenvalue weighted by Crippen LogP contribution is 2.29. The molecule has 5 nitrogen and oxygen atoms in total. The molecule has 0 aliphatic heterocycles. The summed E-state index contributed by atoms with van der Waals surface area (Å²) in [7, 11) is 0. The van der Waals surface area contributed by atoms with Crippen molar-refractivity contribution in [3.8, 4) is 0 Å². The van der Waals surface area contributed by atoms with E-state index in [1.165, 1.54) is 12.3 Å². The van der Waals surface area contributed by atoms with Gasteiger partial charge in [0.25, 0.3) is 5.91 Å². The normalized spacial score (nSPS) is 14.0. The van der Waals surface area contributed by atoms with Crippen molar-refractivity contribution in [1.82, 2.24) is 14.9 Å². The second-order valence-electron chi connectivity index (χ2n) is 5.41. The Kier molecular flexibility index (Phi) is 3.56. The van der Waals surface area contributed by atoms with Crippen LogP contribution in [-0.2, 0) is 6.54 Å². The van der Waals surface area contributed by atoms with E-state index in [0.717, 1.165) is 24.1 Å². The van der Waals surface area contributed by atoms with Crippen LogP contribution in [0, 0.1) is 6.92 Å². The first-order valence-corrected chi connectivity index (χ1v) is 7.04. The molecule has 5 heteroatoms. The minimum Gasteiger partial charge on any atom is -0.364 e. The van der Waals surface area contributed by atoms with Crippen molar-refractivity contribution in [2.24, 2.45) is 0 Å². The lowest BCUT2D eigenvalue weighted by Crippen LogP contribution is -2.35. The molecule has 0 bridgehead atoms. The maximum absolute atomic E-state index is 12.7. The van der Waals surface area contributed by atoms with Crippen LogP contribution < -0.4 is 5.43 Å². The zero-order valence-electron chi connectivity index (χ0n) is 11.9. The number of nitrogens with one attached hydrogen (secondary N) is 1. The highest BCUT2D eigenvalue weighted by atomic mass is 16.2. The minimum atomic E-state index is -0.225. The Balaban J connectivity index is 1.87. The fraction of sp³-hybridized carbons (Fsp3) is 0.312. The van der Waals surface area contributed by atoms with Gasteiger partial charge in [0, 0.05) is 42.9 Å². The van der Waals surface area contributed by atoms with Gasteiger partial charge in [-0.3, -0.25) is 14.6 Å². The third kappa shape index (κ3) is 3.02. The molecule has 21 heavy (non-hydrogen) atoms.